The van der Waals surface area contributed by atoms with Gasteiger partial charge in [0.15, 0.2) is 5.96 Å². The molecule has 1 saturated carbocycles. The van der Waals surface area contributed by atoms with Gasteiger partial charge in [-0.2, -0.15) is 0 Å². The molecule has 26 heavy (non-hydrogen) atoms. The molecular weight excluding hydrogens is 439 g/mol. The fourth-order valence-electron chi connectivity index (χ4n) is 3.01. The molecule has 0 atom stereocenters. The largest absolute Gasteiger partial charge is 0.385 e. The van der Waals surface area contributed by atoms with Crippen molar-refractivity contribution in [1.29, 1.82) is 0 Å². The van der Waals surface area contributed by atoms with Gasteiger partial charge in [-0.3, -0.25) is 4.99 Å². The van der Waals surface area contributed by atoms with Crippen LogP contribution in [0, 0.1) is 0 Å². The molecule has 2 N–H and O–H groups in total. The van der Waals surface area contributed by atoms with Gasteiger partial charge >= 0.3 is 0 Å². The average Bonchev–Trinajstić information content (AvgIpc) is 3.42. The van der Waals surface area contributed by atoms with E-state index in [4.69, 9.17) is 9.73 Å². The van der Waals surface area contributed by atoms with E-state index in [-0.39, 0.29) is 29.4 Å². The molecule has 2 rings (SSSR count). The van der Waals surface area contributed by atoms with Gasteiger partial charge in [0, 0.05) is 45.3 Å². The SMILES string of the molecule is CCNC(=NCC1(c2ccccc2)CC1)NCCN(C)CCCOC.I. The van der Waals surface area contributed by atoms with Crippen LogP contribution in [-0.2, 0) is 10.2 Å². The Hall–Kier alpha value is -0.860. The van der Waals surface area contributed by atoms with Gasteiger partial charge in [-0.15, -0.1) is 24.0 Å². The van der Waals surface area contributed by atoms with Crippen LogP contribution in [0.15, 0.2) is 35.3 Å². The number of hydrogen-bond donors (Lipinski definition) is 2. The van der Waals surface area contributed by atoms with Gasteiger partial charge < -0.3 is 20.3 Å². The molecule has 0 spiro atoms. The van der Waals surface area contributed by atoms with Crippen molar-refractivity contribution < 1.29 is 4.74 Å². The first-order chi connectivity index (χ1) is 12.2. The van der Waals surface area contributed by atoms with Crippen LogP contribution in [-0.4, -0.2) is 64.3 Å². The van der Waals surface area contributed by atoms with Crippen molar-refractivity contribution in [3.8, 4) is 0 Å². The lowest BCUT2D eigenvalue weighted by molar-refractivity contribution is 0.180. The zero-order valence-electron chi connectivity index (χ0n) is 16.5. The number of likely N-dealkylation sites (N-methyl/N-ethyl adjacent to an activating group) is 1. The zero-order valence-corrected chi connectivity index (χ0v) is 18.8. The van der Waals surface area contributed by atoms with Gasteiger partial charge in [0.25, 0.3) is 0 Å². The zero-order chi connectivity index (χ0) is 18.0. The van der Waals surface area contributed by atoms with Crippen molar-refractivity contribution in [3.63, 3.8) is 0 Å². The molecule has 1 aliphatic rings. The Labute approximate surface area is 176 Å². The molecule has 0 aliphatic heterocycles. The van der Waals surface area contributed by atoms with Crippen LogP contribution in [0.1, 0.15) is 31.7 Å². The Morgan fingerprint density at radius 1 is 1.19 bits per heavy atom. The normalized spacial score (nSPS) is 15.5. The van der Waals surface area contributed by atoms with E-state index in [1.54, 1.807) is 7.11 Å². The lowest BCUT2D eigenvalue weighted by Gasteiger charge is -2.19. The van der Waals surface area contributed by atoms with E-state index < -0.39 is 0 Å². The van der Waals surface area contributed by atoms with Gasteiger partial charge in [0.1, 0.15) is 0 Å². The first-order valence-corrected chi connectivity index (χ1v) is 9.45. The van der Waals surface area contributed by atoms with E-state index in [0.29, 0.717) is 0 Å². The Kier molecular flexibility index (Phi) is 11.2. The highest BCUT2D eigenvalue weighted by atomic mass is 127. The summed E-state index contributed by atoms with van der Waals surface area (Å²) in [5.74, 6) is 0.926. The summed E-state index contributed by atoms with van der Waals surface area (Å²) in [5.41, 5.74) is 1.69. The lowest BCUT2D eigenvalue weighted by atomic mass is 9.96. The molecule has 1 aliphatic carbocycles. The predicted octanol–water partition coefficient (Wildman–Crippen LogP) is 2.86. The molecule has 0 aromatic heterocycles. The number of rotatable bonds is 11. The Morgan fingerprint density at radius 3 is 2.54 bits per heavy atom. The predicted molar refractivity (Wildman–Crippen MR) is 121 cm³/mol. The molecule has 1 aromatic rings. The summed E-state index contributed by atoms with van der Waals surface area (Å²) in [4.78, 5) is 7.17. The number of nitrogens with one attached hydrogen (secondary N) is 2. The maximum absolute atomic E-state index is 5.10. The highest BCUT2D eigenvalue weighted by Crippen LogP contribution is 2.48. The third-order valence-corrected chi connectivity index (χ3v) is 4.80. The number of hydrogen-bond acceptors (Lipinski definition) is 3. The summed E-state index contributed by atoms with van der Waals surface area (Å²) in [7, 11) is 3.90. The Morgan fingerprint density at radius 2 is 1.92 bits per heavy atom. The van der Waals surface area contributed by atoms with Gasteiger partial charge in [-0.1, -0.05) is 30.3 Å². The lowest BCUT2D eigenvalue weighted by Crippen LogP contribution is -2.41. The number of nitrogens with zero attached hydrogens (tertiary/aromatic N) is 2. The molecule has 1 aromatic carbocycles. The average molecular weight is 474 g/mol. The van der Waals surface area contributed by atoms with Crippen molar-refractivity contribution in [2.45, 2.75) is 31.6 Å². The highest BCUT2D eigenvalue weighted by molar-refractivity contribution is 14.0. The van der Waals surface area contributed by atoms with Crippen LogP contribution in [0.25, 0.3) is 0 Å². The summed E-state index contributed by atoms with van der Waals surface area (Å²) in [5, 5.41) is 6.82. The number of ether oxygens (including phenoxy) is 1. The first-order valence-electron chi connectivity index (χ1n) is 9.45. The fraction of sp³-hybridized carbons (Fsp3) is 0.650. The van der Waals surface area contributed by atoms with Gasteiger partial charge in [-0.25, -0.2) is 0 Å². The molecule has 5 nitrogen and oxygen atoms in total. The minimum Gasteiger partial charge on any atom is -0.385 e. The van der Waals surface area contributed by atoms with E-state index in [2.05, 4.69) is 59.8 Å². The second kappa shape index (κ2) is 12.5. The van der Waals surface area contributed by atoms with Crippen LogP contribution in [0.3, 0.4) is 0 Å². The molecule has 0 heterocycles. The van der Waals surface area contributed by atoms with Crippen LogP contribution in [0.5, 0.6) is 0 Å². The molecule has 0 unspecified atom stereocenters. The summed E-state index contributed by atoms with van der Waals surface area (Å²) >= 11 is 0. The van der Waals surface area contributed by atoms with E-state index >= 15 is 0 Å². The second-order valence-corrected chi connectivity index (χ2v) is 6.92. The number of benzene rings is 1. The number of halogens is 1. The van der Waals surface area contributed by atoms with E-state index in [9.17, 15) is 0 Å². The summed E-state index contributed by atoms with van der Waals surface area (Å²) < 4.78 is 5.10. The van der Waals surface area contributed by atoms with Crippen LogP contribution >= 0.6 is 24.0 Å². The number of methoxy groups -OCH3 is 1. The topological polar surface area (TPSA) is 48.9 Å². The quantitative estimate of drug-likeness (QED) is 0.224. The summed E-state index contributed by atoms with van der Waals surface area (Å²) in [6.07, 6.45) is 3.55. The highest BCUT2D eigenvalue weighted by Gasteiger charge is 2.43. The van der Waals surface area contributed by atoms with Crippen molar-refractivity contribution in [3.05, 3.63) is 35.9 Å². The van der Waals surface area contributed by atoms with Crippen molar-refractivity contribution in [2.75, 3.05) is 53.5 Å². The van der Waals surface area contributed by atoms with Crippen LogP contribution in [0.2, 0.25) is 0 Å². The molecule has 148 valence electrons. The third kappa shape index (κ3) is 7.80. The molecule has 1 fully saturated rings. The molecule has 6 heteroatoms. The summed E-state index contributed by atoms with van der Waals surface area (Å²) in [6, 6.07) is 10.8. The van der Waals surface area contributed by atoms with Crippen molar-refractivity contribution >= 4 is 29.9 Å². The van der Waals surface area contributed by atoms with Crippen molar-refractivity contribution in [2.24, 2.45) is 4.99 Å². The number of aliphatic imine (C=N–C) groups is 1. The minimum atomic E-state index is 0. The minimum absolute atomic E-state index is 0. The first kappa shape index (κ1) is 23.2. The van der Waals surface area contributed by atoms with Gasteiger partial charge in [0.2, 0.25) is 0 Å². The van der Waals surface area contributed by atoms with Crippen LogP contribution in [0.4, 0.5) is 0 Å². The van der Waals surface area contributed by atoms with Crippen molar-refractivity contribution in [1.82, 2.24) is 15.5 Å². The van der Waals surface area contributed by atoms with E-state index in [1.165, 1.54) is 18.4 Å². The maximum Gasteiger partial charge on any atom is 0.191 e. The van der Waals surface area contributed by atoms with Crippen LogP contribution < -0.4 is 10.6 Å². The van der Waals surface area contributed by atoms with Gasteiger partial charge in [0.05, 0.1) is 6.54 Å². The Bertz CT molecular complexity index is 520. The maximum atomic E-state index is 5.10. The second-order valence-electron chi connectivity index (χ2n) is 6.92. The monoisotopic (exact) mass is 474 g/mol. The smallest absolute Gasteiger partial charge is 0.191 e. The standard InChI is InChI=1S/C20H34N4O.HI/c1-4-21-19(22-13-15-24(2)14-8-16-25-3)23-17-20(11-12-20)18-9-6-5-7-10-18;/h5-7,9-10H,4,8,11-17H2,1-3H3,(H2,21,22,23);1H. The Balaban J connectivity index is 0.00000338. The molecule has 0 bridgehead atoms. The fourth-order valence-corrected chi connectivity index (χ4v) is 3.01. The number of guanidine groups is 1. The molecule has 0 amide bonds. The van der Waals surface area contributed by atoms with E-state index in [0.717, 1.165) is 51.7 Å². The van der Waals surface area contributed by atoms with E-state index in [1.807, 2.05) is 0 Å². The molecule has 0 radical (unpaired) electrons. The van der Waals surface area contributed by atoms with Gasteiger partial charge in [-0.05, 0) is 38.8 Å². The molecule has 0 saturated heterocycles. The summed E-state index contributed by atoms with van der Waals surface area (Å²) in [6.45, 7) is 7.62. The third-order valence-electron chi connectivity index (χ3n) is 4.80. The molecular formula is C20H35IN4O.